The molecule has 1 fully saturated rings. The zero-order valence-corrected chi connectivity index (χ0v) is 11.2. The SMILES string of the molecule is CC(CCN1CCNCC1)c1ccc(Cl)cc1. The third-order valence-corrected chi connectivity index (χ3v) is 3.78. The van der Waals surface area contributed by atoms with Crippen LogP contribution in [0.5, 0.6) is 0 Å². The van der Waals surface area contributed by atoms with Crippen molar-refractivity contribution in [3.05, 3.63) is 34.9 Å². The summed E-state index contributed by atoms with van der Waals surface area (Å²) in [5, 5.41) is 4.21. The van der Waals surface area contributed by atoms with E-state index in [0.29, 0.717) is 5.92 Å². The number of hydrogen-bond donors (Lipinski definition) is 1. The molecule has 17 heavy (non-hydrogen) atoms. The summed E-state index contributed by atoms with van der Waals surface area (Å²) in [6, 6.07) is 8.26. The number of piperazine rings is 1. The van der Waals surface area contributed by atoms with Crippen LogP contribution in [0.15, 0.2) is 24.3 Å². The molecule has 2 rings (SSSR count). The van der Waals surface area contributed by atoms with Crippen molar-refractivity contribution in [2.24, 2.45) is 0 Å². The van der Waals surface area contributed by atoms with E-state index in [0.717, 1.165) is 18.1 Å². The Morgan fingerprint density at radius 1 is 1.24 bits per heavy atom. The van der Waals surface area contributed by atoms with E-state index in [-0.39, 0.29) is 0 Å². The van der Waals surface area contributed by atoms with Gasteiger partial charge in [-0.15, -0.1) is 0 Å². The van der Waals surface area contributed by atoms with Crippen molar-refractivity contribution in [2.45, 2.75) is 19.3 Å². The Morgan fingerprint density at radius 3 is 2.53 bits per heavy atom. The fourth-order valence-electron chi connectivity index (χ4n) is 2.27. The maximum atomic E-state index is 5.90. The summed E-state index contributed by atoms with van der Waals surface area (Å²) in [4.78, 5) is 2.54. The quantitative estimate of drug-likeness (QED) is 0.887. The van der Waals surface area contributed by atoms with Gasteiger partial charge in [-0.1, -0.05) is 30.7 Å². The number of nitrogens with zero attached hydrogens (tertiary/aromatic N) is 1. The Hall–Kier alpha value is -0.570. The number of rotatable bonds is 4. The topological polar surface area (TPSA) is 15.3 Å². The molecule has 2 nitrogen and oxygen atoms in total. The molecule has 3 heteroatoms. The maximum Gasteiger partial charge on any atom is 0.0406 e. The van der Waals surface area contributed by atoms with Crippen LogP contribution in [-0.4, -0.2) is 37.6 Å². The summed E-state index contributed by atoms with van der Waals surface area (Å²) in [6.45, 7) is 8.14. The second kappa shape index (κ2) is 6.39. The molecule has 0 aliphatic carbocycles. The Morgan fingerprint density at radius 2 is 1.88 bits per heavy atom. The van der Waals surface area contributed by atoms with Crippen LogP contribution in [-0.2, 0) is 0 Å². The van der Waals surface area contributed by atoms with E-state index in [1.807, 2.05) is 12.1 Å². The minimum Gasteiger partial charge on any atom is -0.314 e. The number of hydrogen-bond acceptors (Lipinski definition) is 2. The summed E-state index contributed by atoms with van der Waals surface area (Å²) < 4.78 is 0. The second-order valence-electron chi connectivity index (χ2n) is 4.83. The first-order chi connectivity index (χ1) is 8.25. The van der Waals surface area contributed by atoms with Crippen molar-refractivity contribution >= 4 is 11.6 Å². The summed E-state index contributed by atoms with van der Waals surface area (Å²) in [7, 11) is 0. The fraction of sp³-hybridized carbons (Fsp3) is 0.571. The molecule has 0 amide bonds. The molecular weight excluding hydrogens is 232 g/mol. The molecule has 1 aliphatic rings. The molecular formula is C14H21ClN2. The molecule has 1 aromatic rings. The molecule has 1 aliphatic heterocycles. The third-order valence-electron chi connectivity index (χ3n) is 3.53. The van der Waals surface area contributed by atoms with E-state index in [1.165, 1.54) is 31.6 Å². The molecule has 1 N–H and O–H groups in total. The van der Waals surface area contributed by atoms with Crippen LogP contribution in [0, 0.1) is 0 Å². The van der Waals surface area contributed by atoms with Gasteiger partial charge in [0.2, 0.25) is 0 Å². The van der Waals surface area contributed by atoms with Gasteiger partial charge >= 0.3 is 0 Å². The highest BCUT2D eigenvalue weighted by Gasteiger charge is 2.11. The third kappa shape index (κ3) is 3.98. The Balaban J connectivity index is 1.80. The van der Waals surface area contributed by atoms with Crippen molar-refractivity contribution in [3.63, 3.8) is 0 Å². The first-order valence-electron chi connectivity index (χ1n) is 6.44. The summed E-state index contributed by atoms with van der Waals surface area (Å²) in [5.41, 5.74) is 1.39. The molecule has 94 valence electrons. The minimum absolute atomic E-state index is 0.613. The smallest absolute Gasteiger partial charge is 0.0406 e. The lowest BCUT2D eigenvalue weighted by atomic mass is 9.97. The van der Waals surface area contributed by atoms with Gasteiger partial charge in [-0.2, -0.15) is 0 Å². The van der Waals surface area contributed by atoms with Crippen molar-refractivity contribution in [2.75, 3.05) is 32.7 Å². The average Bonchev–Trinajstić information content (AvgIpc) is 2.38. The monoisotopic (exact) mass is 252 g/mol. The highest BCUT2D eigenvalue weighted by Crippen LogP contribution is 2.21. The van der Waals surface area contributed by atoms with E-state index < -0.39 is 0 Å². The molecule has 1 heterocycles. The average molecular weight is 253 g/mol. The molecule has 0 bridgehead atoms. The van der Waals surface area contributed by atoms with Gasteiger partial charge in [0.05, 0.1) is 0 Å². The molecule has 0 saturated carbocycles. The highest BCUT2D eigenvalue weighted by atomic mass is 35.5. The first kappa shape index (κ1) is 12.9. The summed E-state index contributed by atoms with van der Waals surface area (Å²) in [5.74, 6) is 0.613. The van der Waals surface area contributed by atoms with Gasteiger partial charge in [0.15, 0.2) is 0 Å². The Bertz CT molecular complexity index is 331. The van der Waals surface area contributed by atoms with Crippen LogP contribution in [0.25, 0.3) is 0 Å². The second-order valence-corrected chi connectivity index (χ2v) is 5.27. The van der Waals surface area contributed by atoms with Crippen LogP contribution < -0.4 is 5.32 Å². The van der Waals surface area contributed by atoms with Crippen LogP contribution in [0.1, 0.15) is 24.8 Å². The Kier molecular flexibility index (Phi) is 4.84. The van der Waals surface area contributed by atoms with E-state index in [9.17, 15) is 0 Å². The van der Waals surface area contributed by atoms with Gasteiger partial charge in [0.25, 0.3) is 0 Å². The largest absolute Gasteiger partial charge is 0.314 e. The molecule has 1 saturated heterocycles. The van der Waals surface area contributed by atoms with Crippen molar-refractivity contribution in [1.29, 1.82) is 0 Å². The molecule has 1 aromatic carbocycles. The van der Waals surface area contributed by atoms with Gasteiger partial charge in [-0.3, -0.25) is 0 Å². The van der Waals surface area contributed by atoms with Crippen molar-refractivity contribution < 1.29 is 0 Å². The highest BCUT2D eigenvalue weighted by molar-refractivity contribution is 6.30. The van der Waals surface area contributed by atoms with E-state index >= 15 is 0 Å². The molecule has 0 radical (unpaired) electrons. The number of benzene rings is 1. The predicted molar refractivity (Wildman–Crippen MR) is 73.8 cm³/mol. The lowest BCUT2D eigenvalue weighted by Gasteiger charge is -2.28. The molecule has 0 aromatic heterocycles. The van der Waals surface area contributed by atoms with Crippen LogP contribution in [0.2, 0.25) is 5.02 Å². The maximum absolute atomic E-state index is 5.90. The first-order valence-corrected chi connectivity index (χ1v) is 6.82. The van der Waals surface area contributed by atoms with Gasteiger partial charge in [-0.05, 0) is 36.6 Å². The zero-order chi connectivity index (χ0) is 12.1. The molecule has 0 spiro atoms. The van der Waals surface area contributed by atoms with Gasteiger partial charge < -0.3 is 10.2 Å². The zero-order valence-electron chi connectivity index (χ0n) is 10.5. The molecule has 1 atom stereocenters. The standard InChI is InChI=1S/C14H21ClN2/c1-12(13-2-4-14(15)5-3-13)6-9-17-10-7-16-8-11-17/h2-5,12,16H,6-11H2,1H3. The van der Waals surface area contributed by atoms with E-state index in [4.69, 9.17) is 11.6 Å². The van der Waals surface area contributed by atoms with Gasteiger partial charge in [0.1, 0.15) is 0 Å². The van der Waals surface area contributed by atoms with E-state index in [2.05, 4.69) is 29.3 Å². The fourth-order valence-corrected chi connectivity index (χ4v) is 2.39. The van der Waals surface area contributed by atoms with Crippen LogP contribution in [0.3, 0.4) is 0 Å². The Labute approximate surface area is 109 Å². The molecule has 1 unspecified atom stereocenters. The van der Waals surface area contributed by atoms with Gasteiger partial charge in [-0.25, -0.2) is 0 Å². The summed E-state index contributed by atoms with van der Waals surface area (Å²) >= 11 is 5.90. The predicted octanol–water partition coefficient (Wildman–Crippen LogP) is 2.74. The van der Waals surface area contributed by atoms with Crippen molar-refractivity contribution in [1.82, 2.24) is 10.2 Å². The van der Waals surface area contributed by atoms with Crippen LogP contribution >= 0.6 is 11.6 Å². The van der Waals surface area contributed by atoms with Gasteiger partial charge in [0, 0.05) is 31.2 Å². The lowest BCUT2D eigenvalue weighted by Crippen LogP contribution is -2.43. The summed E-state index contributed by atoms with van der Waals surface area (Å²) in [6.07, 6.45) is 1.22. The normalized spacial score (nSPS) is 19.2. The lowest BCUT2D eigenvalue weighted by molar-refractivity contribution is 0.234. The van der Waals surface area contributed by atoms with Crippen molar-refractivity contribution in [3.8, 4) is 0 Å². The number of nitrogens with one attached hydrogen (secondary N) is 1. The van der Waals surface area contributed by atoms with E-state index in [1.54, 1.807) is 0 Å². The minimum atomic E-state index is 0.613. The van der Waals surface area contributed by atoms with Crippen LogP contribution in [0.4, 0.5) is 0 Å². The number of halogens is 1.